The number of fused-ring (bicyclic) bond motifs is 1. The second-order valence-corrected chi connectivity index (χ2v) is 9.72. The molecule has 1 saturated carbocycles. The maximum Gasteiger partial charge on any atom is 0.0814 e. The van der Waals surface area contributed by atoms with Crippen molar-refractivity contribution >= 4 is 14.7 Å². The van der Waals surface area contributed by atoms with Gasteiger partial charge in [0.2, 0.25) is 0 Å². The Kier molecular flexibility index (Phi) is 6.09. The van der Waals surface area contributed by atoms with E-state index in [0.29, 0.717) is 0 Å². The van der Waals surface area contributed by atoms with Gasteiger partial charge in [-0.25, -0.2) is 0 Å². The topological polar surface area (TPSA) is 3.24 Å². The van der Waals surface area contributed by atoms with Crippen LogP contribution < -0.4 is 5.19 Å². The standard InChI is InChI=1S/C23H33NSi/c1-4-10-19(11-5-1)16-20-17-24-15-9-3-8-14-23(24)22(20)18-25-21-12-6-2-7-13-21/h2,6-7,12-13,16,19,22-23H,1,3-5,8-11,14-15,17-18H2/b20-16-/t22-,23+/m0/s1. The van der Waals surface area contributed by atoms with E-state index in [4.69, 9.17) is 0 Å². The molecule has 4 rings (SSSR count). The highest BCUT2D eigenvalue weighted by Crippen LogP contribution is 2.39. The Morgan fingerprint density at radius 2 is 1.68 bits per heavy atom. The zero-order valence-electron chi connectivity index (χ0n) is 15.6. The minimum atomic E-state index is 0.832. The Labute approximate surface area is 156 Å². The van der Waals surface area contributed by atoms with E-state index in [2.05, 4.69) is 41.3 Å². The largest absolute Gasteiger partial charge is 0.296 e. The van der Waals surface area contributed by atoms with Crippen molar-refractivity contribution < 1.29 is 0 Å². The van der Waals surface area contributed by atoms with Crippen molar-refractivity contribution in [2.45, 2.75) is 69.9 Å². The van der Waals surface area contributed by atoms with Crippen molar-refractivity contribution in [3.05, 3.63) is 42.0 Å². The molecule has 2 atom stereocenters. The Morgan fingerprint density at radius 3 is 2.52 bits per heavy atom. The summed E-state index contributed by atoms with van der Waals surface area (Å²) in [5.74, 6) is 1.72. The van der Waals surface area contributed by atoms with Crippen LogP contribution in [0.25, 0.3) is 0 Å². The quantitative estimate of drug-likeness (QED) is 0.555. The van der Waals surface area contributed by atoms with Crippen LogP contribution in [-0.4, -0.2) is 33.6 Å². The maximum absolute atomic E-state index is 2.85. The van der Waals surface area contributed by atoms with E-state index in [0.717, 1.165) is 27.4 Å². The van der Waals surface area contributed by atoms with Crippen LogP contribution in [0.15, 0.2) is 42.0 Å². The molecule has 1 nitrogen and oxygen atoms in total. The number of allylic oxidation sites excluding steroid dienone is 1. The maximum atomic E-state index is 2.85. The predicted octanol–water partition coefficient (Wildman–Crippen LogP) is 4.82. The van der Waals surface area contributed by atoms with Gasteiger partial charge in [-0.3, -0.25) is 4.90 Å². The van der Waals surface area contributed by atoms with Crippen LogP contribution in [0.5, 0.6) is 0 Å². The number of hydrogen-bond donors (Lipinski definition) is 0. The molecule has 0 unspecified atom stereocenters. The van der Waals surface area contributed by atoms with Gasteiger partial charge < -0.3 is 0 Å². The van der Waals surface area contributed by atoms with E-state index in [1.807, 2.05) is 5.57 Å². The van der Waals surface area contributed by atoms with Gasteiger partial charge in [0.1, 0.15) is 0 Å². The summed E-state index contributed by atoms with van der Waals surface area (Å²) in [6.45, 7) is 2.63. The van der Waals surface area contributed by atoms with Crippen LogP contribution in [-0.2, 0) is 0 Å². The van der Waals surface area contributed by atoms with Crippen molar-refractivity contribution in [2.24, 2.45) is 11.8 Å². The molecule has 2 heterocycles. The molecule has 2 saturated heterocycles. The third-order valence-electron chi connectivity index (χ3n) is 6.64. The lowest BCUT2D eigenvalue weighted by atomic mass is 9.85. The Bertz CT molecular complexity index is 561. The first-order valence-electron chi connectivity index (χ1n) is 10.6. The van der Waals surface area contributed by atoms with Gasteiger partial charge >= 0.3 is 0 Å². The molecule has 0 bridgehead atoms. The fourth-order valence-electron chi connectivity index (χ4n) is 5.28. The summed E-state index contributed by atoms with van der Waals surface area (Å²) >= 11 is 0. The highest BCUT2D eigenvalue weighted by atomic mass is 28.2. The normalized spacial score (nSPS) is 30.3. The molecule has 1 aromatic rings. The predicted molar refractivity (Wildman–Crippen MR) is 109 cm³/mol. The molecule has 1 aromatic carbocycles. The molecule has 3 aliphatic rings. The van der Waals surface area contributed by atoms with Crippen LogP contribution in [0.2, 0.25) is 6.04 Å². The van der Waals surface area contributed by atoms with Crippen LogP contribution in [0.1, 0.15) is 57.8 Å². The third kappa shape index (κ3) is 4.46. The van der Waals surface area contributed by atoms with Crippen molar-refractivity contribution in [3.8, 4) is 0 Å². The van der Waals surface area contributed by atoms with E-state index in [1.165, 1.54) is 76.9 Å². The Balaban J connectivity index is 1.49. The van der Waals surface area contributed by atoms with E-state index in [1.54, 1.807) is 5.19 Å². The highest BCUT2D eigenvalue weighted by molar-refractivity contribution is 6.53. The number of nitrogens with zero attached hydrogens (tertiary/aromatic N) is 1. The Hall–Kier alpha value is -0.863. The van der Waals surface area contributed by atoms with E-state index in [-0.39, 0.29) is 0 Å². The molecular weight excluding hydrogens is 318 g/mol. The molecule has 0 N–H and O–H groups in total. The number of hydrogen-bond acceptors (Lipinski definition) is 1. The Morgan fingerprint density at radius 1 is 0.920 bits per heavy atom. The van der Waals surface area contributed by atoms with Crippen LogP contribution in [0.4, 0.5) is 0 Å². The lowest BCUT2D eigenvalue weighted by molar-refractivity contribution is 0.236. The van der Waals surface area contributed by atoms with Gasteiger partial charge in [0.25, 0.3) is 0 Å². The molecule has 0 aromatic heterocycles. The second-order valence-electron chi connectivity index (χ2n) is 8.38. The average Bonchev–Trinajstić information content (AvgIpc) is 2.81. The zero-order chi connectivity index (χ0) is 16.9. The smallest absolute Gasteiger partial charge is 0.0814 e. The van der Waals surface area contributed by atoms with Gasteiger partial charge in [0, 0.05) is 12.6 Å². The fourth-order valence-corrected chi connectivity index (χ4v) is 6.69. The number of benzene rings is 1. The lowest BCUT2D eigenvalue weighted by Crippen LogP contribution is -2.33. The molecule has 2 radical (unpaired) electrons. The lowest BCUT2D eigenvalue weighted by Gasteiger charge is -2.26. The van der Waals surface area contributed by atoms with Crippen LogP contribution in [0, 0.1) is 11.8 Å². The summed E-state index contributed by atoms with van der Waals surface area (Å²) in [7, 11) is 0.971. The first-order chi connectivity index (χ1) is 12.4. The monoisotopic (exact) mass is 351 g/mol. The molecule has 25 heavy (non-hydrogen) atoms. The minimum Gasteiger partial charge on any atom is -0.296 e. The SMILES string of the molecule is C(=C1\CN2CCCCC[C@@H]2[C@H]1C[Si]c1ccccc1)/C1CCCCC1. The van der Waals surface area contributed by atoms with E-state index >= 15 is 0 Å². The molecule has 2 aliphatic heterocycles. The molecular formula is C23H33NSi. The van der Waals surface area contributed by atoms with Gasteiger partial charge in [-0.15, -0.1) is 0 Å². The van der Waals surface area contributed by atoms with Gasteiger partial charge in [-0.1, -0.05) is 79.3 Å². The van der Waals surface area contributed by atoms with Crippen LogP contribution in [0.3, 0.4) is 0 Å². The molecule has 3 fully saturated rings. The first kappa shape index (κ1) is 17.5. The van der Waals surface area contributed by atoms with Crippen LogP contribution >= 0.6 is 0 Å². The van der Waals surface area contributed by atoms with E-state index < -0.39 is 0 Å². The van der Waals surface area contributed by atoms with Gasteiger partial charge in [-0.2, -0.15) is 0 Å². The molecule has 134 valence electrons. The average molecular weight is 352 g/mol. The van der Waals surface area contributed by atoms with E-state index in [9.17, 15) is 0 Å². The summed E-state index contributed by atoms with van der Waals surface area (Å²) in [5.41, 5.74) is 1.82. The first-order valence-corrected chi connectivity index (χ1v) is 11.8. The summed E-state index contributed by atoms with van der Waals surface area (Å²) < 4.78 is 0. The molecule has 2 heteroatoms. The van der Waals surface area contributed by atoms with Crippen molar-refractivity contribution in [1.82, 2.24) is 4.90 Å². The zero-order valence-corrected chi connectivity index (χ0v) is 16.6. The van der Waals surface area contributed by atoms with Crippen molar-refractivity contribution in [3.63, 3.8) is 0 Å². The summed E-state index contributed by atoms with van der Waals surface area (Å²) in [6, 6.07) is 13.4. The third-order valence-corrected chi connectivity index (χ3v) is 8.03. The van der Waals surface area contributed by atoms with Crippen molar-refractivity contribution in [1.29, 1.82) is 0 Å². The summed E-state index contributed by atoms with van der Waals surface area (Å²) in [4.78, 5) is 2.85. The second kappa shape index (κ2) is 8.68. The van der Waals surface area contributed by atoms with Crippen molar-refractivity contribution in [2.75, 3.05) is 13.1 Å². The highest BCUT2D eigenvalue weighted by Gasteiger charge is 2.37. The fraction of sp³-hybridized carbons (Fsp3) is 0.652. The summed E-state index contributed by atoms with van der Waals surface area (Å²) in [6.07, 6.45) is 15.8. The minimum absolute atomic E-state index is 0.832. The molecule has 1 aliphatic carbocycles. The van der Waals surface area contributed by atoms with Gasteiger partial charge in [0.05, 0.1) is 9.52 Å². The molecule has 0 spiro atoms. The number of rotatable bonds is 4. The molecule has 0 amide bonds. The van der Waals surface area contributed by atoms with Gasteiger partial charge in [0.15, 0.2) is 0 Å². The van der Waals surface area contributed by atoms with Gasteiger partial charge in [-0.05, 0) is 50.1 Å². The summed E-state index contributed by atoms with van der Waals surface area (Å²) in [5, 5.41) is 1.55.